The first-order valence-electron chi connectivity index (χ1n) is 8.76. The van der Waals surface area contributed by atoms with E-state index in [1.807, 2.05) is 0 Å². The monoisotopic (exact) mass is 430 g/mol. The normalized spacial score (nSPS) is 11.7. The van der Waals surface area contributed by atoms with Gasteiger partial charge in [-0.3, -0.25) is 0 Å². The highest BCUT2D eigenvalue weighted by Crippen LogP contribution is 2.24. The van der Waals surface area contributed by atoms with Gasteiger partial charge in [0.25, 0.3) is 0 Å². The maximum absolute atomic E-state index is 14.2. The zero-order chi connectivity index (χ0) is 21.5. The smallest absolute Gasteiger partial charge is 0.238 e. The quantitative estimate of drug-likeness (QED) is 0.503. The number of halogens is 2. The molecule has 4 aromatic rings. The van der Waals surface area contributed by atoms with E-state index in [1.54, 1.807) is 19.1 Å². The summed E-state index contributed by atoms with van der Waals surface area (Å²) in [6.45, 7) is 1.63. The van der Waals surface area contributed by atoms with Gasteiger partial charge in [-0.05, 0) is 43.3 Å². The fourth-order valence-corrected chi connectivity index (χ4v) is 3.56. The minimum Gasteiger partial charge on any atom is -0.365 e. The van der Waals surface area contributed by atoms with Crippen molar-refractivity contribution < 1.29 is 17.2 Å². The van der Waals surface area contributed by atoms with Gasteiger partial charge in [-0.2, -0.15) is 5.10 Å². The number of hydrogen-bond acceptors (Lipinski definition) is 6. The van der Waals surface area contributed by atoms with E-state index in [9.17, 15) is 17.2 Å². The number of aromatic nitrogens is 4. The van der Waals surface area contributed by atoms with Gasteiger partial charge < -0.3 is 5.32 Å². The Hall–Kier alpha value is -3.44. The van der Waals surface area contributed by atoms with Gasteiger partial charge >= 0.3 is 0 Å². The molecule has 0 saturated carbocycles. The number of primary sulfonamides is 1. The Morgan fingerprint density at radius 1 is 1.13 bits per heavy atom. The minimum absolute atomic E-state index is 0.0497. The molecule has 8 nitrogen and oxygen atoms in total. The van der Waals surface area contributed by atoms with Crippen LogP contribution in [0.25, 0.3) is 16.7 Å². The first-order valence-corrected chi connectivity index (χ1v) is 10.3. The Labute approximate surface area is 170 Å². The van der Waals surface area contributed by atoms with Gasteiger partial charge in [-0.15, -0.1) is 0 Å². The molecule has 0 amide bonds. The second-order valence-electron chi connectivity index (χ2n) is 6.54. The molecule has 0 aliphatic heterocycles. The van der Waals surface area contributed by atoms with Crippen molar-refractivity contribution in [2.24, 2.45) is 5.14 Å². The van der Waals surface area contributed by atoms with Crippen LogP contribution in [0, 0.1) is 18.6 Å². The van der Waals surface area contributed by atoms with Crippen LogP contribution in [0.4, 0.5) is 14.6 Å². The van der Waals surface area contributed by atoms with Crippen molar-refractivity contribution in [2.45, 2.75) is 18.4 Å². The summed E-state index contributed by atoms with van der Waals surface area (Å²) < 4.78 is 52.3. The van der Waals surface area contributed by atoms with E-state index in [1.165, 1.54) is 29.1 Å². The number of hydrogen-bond donors (Lipinski definition) is 2. The predicted molar refractivity (Wildman–Crippen MR) is 106 cm³/mol. The first-order chi connectivity index (χ1) is 14.2. The van der Waals surface area contributed by atoms with Gasteiger partial charge in [0.05, 0.1) is 22.2 Å². The molecule has 0 aliphatic carbocycles. The Kier molecular flexibility index (Phi) is 4.92. The number of sulfonamides is 1. The lowest BCUT2D eigenvalue weighted by molar-refractivity contribution is 0.594. The van der Waals surface area contributed by atoms with Crippen LogP contribution in [0.1, 0.15) is 11.4 Å². The van der Waals surface area contributed by atoms with Gasteiger partial charge in [0, 0.05) is 12.1 Å². The molecule has 154 valence electrons. The summed E-state index contributed by atoms with van der Waals surface area (Å²) in [5, 5.41) is 12.9. The van der Waals surface area contributed by atoms with Crippen molar-refractivity contribution in [1.29, 1.82) is 0 Å². The summed E-state index contributed by atoms with van der Waals surface area (Å²) in [7, 11) is -3.96. The van der Waals surface area contributed by atoms with Crippen LogP contribution in [-0.4, -0.2) is 28.2 Å². The standard InChI is InChI=1S/C19H16F2N6O2S/c1-11-25-18(23-9-12-7-15(30(22,28)29)5-6-17(12)21)16-10-24-27(19(16)26-11)14-4-2-3-13(20)8-14/h2-8,10H,9H2,1H3,(H2,22,28,29)(H,23,25,26). The molecule has 0 spiro atoms. The van der Waals surface area contributed by atoms with Crippen molar-refractivity contribution in [2.75, 3.05) is 5.32 Å². The molecule has 2 heterocycles. The molecular formula is C19H16F2N6O2S. The van der Waals surface area contributed by atoms with E-state index in [0.29, 0.717) is 28.4 Å². The summed E-state index contributed by atoms with van der Waals surface area (Å²) >= 11 is 0. The molecule has 2 aromatic carbocycles. The predicted octanol–water partition coefficient (Wildman–Crippen LogP) is 2.66. The van der Waals surface area contributed by atoms with Gasteiger partial charge in [-0.1, -0.05) is 6.07 Å². The van der Waals surface area contributed by atoms with Crippen molar-refractivity contribution in [3.8, 4) is 5.69 Å². The van der Waals surface area contributed by atoms with Crippen LogP contribution in [0.2, 0.25) is 0 Å². The van der Waals surface area contributed by atoms with Crippen molar-refractivity contribution >= 4 is 26.9 Å². The Morgan fingerprint density at radius 3 is 2.67 bits per heavy atom. The van der Waals surface area contributed by atoms with Gasteiger partial charge in [0.1, 0.15) is 23.3 Å². The summed E-state index contributed by atoms with van der Waals surface area (Å²) in [5.41, 5.74) is 1.03. The van der Waals surface area contributed by atoms with Crippen LogP contribution in [0.5, 0.6) is 0 Å². The molecule has 0 atom stereocenters. The molecule has 0 bridgehead atoms. The fraction of sp³-hybridized carbons (Fsp3) is 0.105. The number of fused-ring (bicyclic) bond motifs is 1. The molecule has 0 saturated heterocycles. The van der Waals surface area contributed by atoms with E-state index in [4.69, 9.17) is 5.14 Å². The van der Waals surface area contributed by atoms with Crippen LogP contribution >= 0.6 is 0 Å². The molecule has 2 aromatic heterocycles. The molecule has 11 heteroatoms. The topological polar surface area (TPSA) is 116 Å². The summed E-state index contributed by atoms with van der Waals surface area (Å²) in [6, 6.07) is 9.21. The van der Waals surface area contributed by atoms with E-state index in [-0.39, 0.29) is 17.0 Å². The number of rotatable bonds is 5. The van der Waals surface area contributed by atoms with Gasteiger partial charge in [-0.25, -0.2) is 37.0 Å². The largest absolute Gasteiger partial charge is 0.365 e. The lowest BCUT2D eigenvalue weighted by atomic mass is 10.2. The fourth-order valence-electron chi connectivity index (χ4n) is 2.99. The molecule has 0 unspecified atom stereocenters. The molecule has 0 radical (unpaired) electrons. The van der Waals surface area contributed by atoms with Crippen LogP contribution in [0.15, 0.2) is 53.6 Å². The second kappa shape index (κ2) is 7.43. The number of benzene rings is 2. The van der Waals surface area contributed by atoms with Crippen molar-refractivity contribution in [3.05, 3.63) is 71.7 Å². The van der Waals surface area contributed by atoms with E-state index >= 15 is 0 Å². The highest BCUT2D eigenvalue weighted by atomic mass is 32.2. The molecule has 4 rings (SSSR count). The number of nitrogens with zero attached hydrogens (tertiary/aromatic N) is 4. The third-order valence-electron chi connectivity index (χ3n) is 4.39. The van der Waals surface area contributed by atoms with E-state index < -0.39 is 21.7 Å². The zero-order valence-corrected chi connectivity index (χ0v) is 16.5. The maximum Gasteiger partial charge on any atom is 0.238 e. The van der Waals surface area contributed by atoms with Crippen LogP contribution in [0.3, 0.4) is 0 Å². The van der Waals surface area contributed by atoms with Gasteiger partial charge in [0.2, 0.25) is 10.0 Å². The Morgan fingerprint density at radius 2 is 1.93 bits per heavy atom. The van der Waals surface area contributed by atoms with Crippen molar-refractivity contribution in [3.63, 3.8) is 0 Å². The average Bonchev–Trinajstić information content (AvgIpc) is 3.10. The van der Waals surface area contributed by atoms with E-state index in [0.717, 1.165) is 12.1 Å². The SMILES string of the molecule is Cc1nc(NCc2cc(S(N)(=O)=O)ccc2F)c2cnn(-c3cccc(F)c3)c2n1. The number of nitrogens with two attached hydrogens (primary N) is 1. The second-order valence-corrected chi connectivity index (χ2v) is 8.11. The first kappa shape index (κ1) is 19.9. The Bertz CT molecular complexity index is 1370. The average molecular weight is 430 g/mol. The third-order valence-corrected chi connectivity index (χ3v) is 5.30. The van der Waals surface area contributed by atoms with Crippen LogP contribution in [-0.2, 0) is 16.6 Å². The third kappa shape index (κ3) is 3.84. The molecular weight excluding hydrogens is 414 g/mol. The molecule has 30 heavy (non-hydrogen) atoms. The summed E-state index contributed by atoms with van der Waals surface area (Å²) in [4.78, 5) is 8.51. The van der Waals surface area contributed by atoms with Crippen LogP contribution < -0.4 is 10.5 Å². The lowest BCUT2D eigenvalue weighted by Crippen LogP contribution is -2.13. The molecule has 0 fully saturated rings. The molecule has 0 aliphatic rings. The Balaban J connectivity index is 1.71. The summed E-state index contributed by atoms with van der Waals surface area (Å²) in [5.74, 6) is -0.208. The number of nitrogens with one attached hydrogen (secondary N) is 1. The molecule has 3 N–H and O–H groups in total. The van der Waals surface area contributed by atoms with Crippen molar-refractivity contribution in [1.82, 2.24) is 19.7 Å². The number of aryl methyl sites for hydroxylation is 1. The lowest BCUT2D eigenvalue weighted by Gasteiger charge is -2.10. The van der Waals surface area contributed by atoms with E-state index in [2.05, 4.69) is 20.4 Å². The number of anilines is 1. The zero-order valence-electron chi connectivity index (χ0n) is 15.7. The minimum atomic E-state index is -3.96. The maximum atomic E-state index is 14.2. The highest BCUT2D eigenvalue weighted by molar-refractivity contribution is 7.89. The van der Waals surface area contributed by atoms with Gasteiger partial charge in [0.15, 0.2) is 5.65 Å². The summed E-state index contributed by atoms with van der Waals surface area (Å²) in [6.07, 6.45) is 1.51. The highest BCUT2D eigenvalue weighted by Gasteiger charge is 2.15.